The highest BCUT2D eigenvalue weighted by molar-refractivity contribution is 14.2. The Labute approximate surface area is 265 Å². The summed E-state index contributed by atoms with van der Waals surface area (Å²) < 4.78 is 2.85. The highest BCUT2D eigenvalue weighted by Gasteiger charge is 2.17. The zero-order chi connectivity index (χ0) is 29.0. The Hall–Kier alpha value is -4.93. The standard InChI is InChI=1S/C42H26IN/c1-2-9-32-26-33(22-15-27(32)8-1)40-36-13-5-3-11-34(36)39(35-12-4-6-14-37(35)40)29-18-16-28(17-19-29)38-24-23-30-20-21-31-10-7-25-44-42(31)41(30)43-38/h1-26H. The molecule has 0 atom stereocenters. The van der Waals surface area contributed by atoms with Crippen molar-refractivity contribution in [3.05, 3.63) is 166 Å². The molecule has 0 bridgehead atoms. The van der Waals surface area contributed by atoms with Gasteiger partial charge in [0.05, 0.1) is 5.52 Å². The number of rotatable bonds is 3. The van der Waals surface area contributed by atoms with Crippen molar-refractivity contribution >= 4 is 73.5 Å². The number of pyridine rings is 1. The lowest BCUT2D eigenvalue weighted by Gasteiger charge is -2.18. The summed E-state index contributed by atoms with van der Waals surface area (Å²) in [6.07, 6.45) is 6.50. The smallest absolute Gasteiger partial charge is 0.0837 e. The van der Waals surface area contributed by atoms with Crippen LogP contribution in [0.4, 0.5) is 0 Å². The van der Waals surface area contributed by atoms with E-state index in [1.54, 1.807) is 0 Å². The Balaban J connectivity index is 1.21. The van der Waals surface area contributed by atoms with Gasteiger partial charge in [-0.25, -0.2) is 0 Å². The number of hydrogen-bond donors (Lipinski definition) is 0. The Bertz CT molecular complexity index is 2430. The average Bonchev–Trinajstić information content (AvgIpc) is 3.10. The summed E-state index contributed by atoms with van der Waals surface area (Å²) in [6, 6.07) is 51.2. The summed E-state index contributed by atoms with van der Waals surface area (Å²) in [4.78, 5) is 4.76. The third-order valence-corrected chi connectivity index (χ3v) is 12.0. The monoisotopic (exact) mass is 671 g/mol. The van der Waals surface area contributed by atoms with Crippen LogP contribution in [0.15, 0.2) is 152 Å². The fourth-order valence-corrected chi connectivity index (χ4v) is 9.68. The first-order chi connectivity index (χ1) is 21.8. The lowest BCUT2D eigenvalue weighted by Crippen LogP contribution is -1.99. The largest absolute Gasteiger partial charge is 0.255 e. The van der Waals surface area contributed by atoms with E-state index in [0.717, 1.165) is 5.52 Å². The molecule has 0 fully saturated rings. The minimum absolute atomic E-state index is 0.351. The van der Waals surface area contributed by atoms with E-state index >= 15 is 0 Å². The van der Waals surface area contributed by atoms with E-state index in [9.17, 15) is 0 Å². The molecule has 8 aromatic rings. The van der Waals surface area contributed by atoms with Crippen LogP contribution in [-0.2, 0) is 0 Å². The van der Waals surface area contributed by atoms with Crippen molar-refractivity contribution in [2.75, 3.05) is 0 Å². The molecule has 0 N–H and O–H groups in total. The van der Waals surface area contributed by atoms with Gasteiger partial charge in [-0.05, 0) is 83.9 Å². The van der Waals surface area contributed by atoms with E-state index in [0.29, 0.717) is 0 Å². The summed E-state index contributed by atoms with van der Waals surface area (Å²) in [7, 11) is 0. The maximum absolute atomic E-state index is 4.76. The van der Waals surface area contributed by atoms with E-state index in [1.807, 2.05) is 12.3 Å². The summed E-state index contributed by atoms with van der Waals surface area (Å²) in [5.41, 5.74) is 8.87. The van der Waals surface area contributed by atoms with Crippen LogP contribution >= 0.6 is 20.7 Å². The second-order valence-electron chi connectivity index (χ2n) is 11.3. The SMILES string of the molecule is C1=Cc2ccc3cccnc3c2I=C1c1ccc(-c2c3ccccc3c(-c3ccc4ccccc4c3)c3ccccc23)cc1. The fraction of sp³-hybridized carbons (Fsp3) is 0. The zero-order valence-electron chi connectivity index (χ0n) is 23.8. The van der Waals surface area contributed by atoms with Crippen LogP contribution in [0.2, 0.25) is 0 Å². The Morgan fingerprint density at radius 1 is 0.432 bits per heavy atom. The lowest BCUT2D eigenvalue weighted by atomic mass is 9.85. The van der Waals surface area contributed by atoms with Crippen LogP contribution in [0.5, 0.6) is 0 Å². The number of fused-ring (bicyclic) bond motifs is 6. The molecule has 1 nitrogen and oxygen atoms in total. The molecule has 0 amide bonds. The van der Waals surface area contributed by atoms with Crippen molar-refractivity contribution in [1.82, 2.24) is 4.98 Å². The van der Waals surface area contributed by atoms with Crippen LogP contribution < -0.4 is 0 Å². The molecule has 2 heteroatoms. The topological polar surface area (TPSA) is 12.9 Å². The molecule has 0 saturated carbocycles. The predicted molar refractivity (Wildman–Crippen MR) is 197 cm³/mol. The van der Waals surface area contributed by atoms with E-state index < -0.39 is 0 Å². The molecular formula is C42H26IN. The number of nitrogens with zero attached hydrogens (tertiary/aromatic N) is 1. The minimum atomic E-state index is -0.351. The number of hydrogen-bond acceptors (Lipinski definition) is 1. The Morgan fingerprint density at radius 3 is 1.73 bits per heavy atom. The van der Waals surface area contributed by atoms with Crippen molar-refractivity contribution in [3.63, 3.8) is 0 Å². The summed E-state index contributed by atoms with van der Waals surface area (Å²) in [6.45, 7) is 0. The van der Waals surface area contributed by atoms with Crippen molar-refractivity contribution < 1.29 is 0 Å². The molecular weight excluding hydrogens is 645 g/mol. The van der Waals surface area contributed by atoms with E-state index in [-0.39, 0.29) is 20.7 Å². The predicted octanol–water partition coefficient (Wildman–Crippen LogP) is 11.4. The Kier molecular flexibility index (Phi) is 6.02. The molecule has 0 spiro atoms. The van der Waals surface area contributed by atoms with Gasteiger partial charge in [-0.1, -0.05) is 154 Å². The quantitative estimate of drug-likeness (QED) is 0.135. The number of benzene rings is 7. The first-order valence-electron chi connectivity index (χ1n) is 14.9. The van der Waals surface area contributed by atoms with E-state index in [1.165, 1.54) is 78.2 Å². The van der Waals surface area contributed by atoms with Crippen molar-refractivity contribution in [2.45, 2.75) is 0 Å². The van der Waals surface area contributed by atoms with E-state index in [2.05, 4.69) is 146 Å². The number of aromatic nitrogens is 1. The van der Waals surface area contributed by atoms with Gasteiger partial charge in [-0.3, -0.25) is 4.98 Å². The highest BCUT2D eigenvalue weighted by atomic mass is 127. The van der Waals surface area contributed by atoms with Crippen LogP contribution in [0.1, 0.15) is 11.1 Å². The van der Waals surface area contributed by atoms with Gasteiger partial charge in [-0.2, -0.15) is 0 Å². The molecule has 2 heterocycles. The normalized spacial score (nSPS) is 12.8. The van der Waals surface area contributed by atoms with Crippen LogP contribution in [-0.4, -0.2) is 8.49 Å². The highest BCUT2D eigenvalue weighted by Crippen LogP contribution is 2.44. The van der Waals surface area contributed by atoms with Gasteiger partial charge < -0.3 is 0 Å². The summed E-state index contributed by atoms with van der Waals surface area (Å²) in [5.74, 6) is 0. The van der Waals surface area contributed by atoms with Gasteiger partial charge in [0, 0.05) is 18.7 Å². The first kappa shape index (κ1) is 25.6. The second kappa shape index (κ2) is 10.4. The molecule has 0 unspecified atom stereocenters. The molecule has 206 valence electrons. The minimum Gasteiger partial charge on any atom is -0.255 e. The van der Waals surface area contributed by atoms with Crippen molar-refractivity contribution in [1.29, 1.82) is 0 Å². The van der Waals surface area contributed by atoms with Gasteiger partial charge in [-0.15, -0.1) is 0 Å². The lowest BCUT2D eigenvalue weighted by molar-refractivity contribution is 1.40. The van der Waals surface area contributed by atoms with Gasteiger partial charge in [0.25, 0.3) is 0 Å². The molecule has 44 heavy (non-hydrogen) atoms. The maximum atomic E-state index is 4.76. The van der Waals surface area contributed by atoms with Gasteiger partial charge in [0.2, 0.25) is 0 Å². The zero-order valence-corrected chi connectivity index (χ0v) is 26.0. The third-order valence-electron chi connectivity index (χ3n) is 8.77. The van der Waals surface area contributed by atoms with E-state index in [4.69, 9.17) is 4.98 Å². The molecule has 1 aromatic heterocycles. The molecule has 0 aliphatic carbocycles. The van der Waals surface area contributed by atoms with Crippen LogP contribution in [0.3, 0.4) is 0 Å². The molecule has 0 radical (unpaired) electrons. The average molecular weight is 672 g/mol. The van der Waals surface area contributed by atoms with Gasteiger partial charge in [0.1, 0.15) is 0 Å². The molecule has 1 aliphatic heterocycles. The number of halogens is 1. The Morgan fingerprint density at radius 2 is 1.00 bits per heavy atom. The van der Waals surface area contributed by atoms with Crippen LogP contribution in [0, 0.1) is 3.57 Å². The third kappa shape index (κ3) is 4.13. The van der Waals surface area contributed by atoms with Crippen LogP contribution in [0.25, 0.3) is 71.6 Å². The van der Waals surface area contributed by atoms with Crippen molar-refractivity contribution in [2.24, 2.45) is 0 Å². The molecule has 1 aliphatic rings. The second-order valence-corrected chi connectivity index (χ2v) is 14.1. The van der Waals surface area contributed by atoms with Crippen molar-refractivity contribution in [3.8, 4) is 22.3 Å². The molecule has 7 aromatic carbocycles. The van der Waals surface area contributed by atoms with Gasteiger partial charge >= 0.3 is 0 Å². The summed E-state index contributed by atoms with van der Waals surface area (Å²) in [5, 5.41) is 8.89. The molecule has 9 rings (SSSR count). The first-order valence-corrected chi connectivity index (χ1v) is 17.1. The number of allylic oxidation sites excluding steroid dienone is 1. The van der Waals surface area contributed by atoms with Gasteiger partial charge in [0.15, 0.2) is 0 Å². The maximum Gasteiger partial charge on any atom is 0.0837 e. The molecule has 0 saturated heterocycles. The summed E-state index contributed by atoms with van der Waals surface area (Å²) >= 11 is -0.351. The fourth-order valence-electron chi connectivity index (χ4n) is 6.69.